The van der Waals surface area contributed by atoms with Gasteiger partial charge < -0.3 is 9.84 Å². The number of ether oxygens (including phenoxy) is 1. The van der Waals surface area contributed by atoms with Gasteiger partial charge in [-0.3, -0.25) is 0 Å². The van der Waals surface area contributed by atoms with Crippen molar-refractivity contribution in [2.75, 3.05) is 13.2 Å². The number of nitrogens with zero attached hydrogens (tertiary/aromatic N) is 1. The van der Waals surface area contributed by atoms with Crippen molar-refractivity contribution in [2.24, 2.45) is 11.3 Å². The first kappa shape index (κ1) is 11.5. The SMILES string of the molecule is CC(C)C(C)(O)C1(C#N)CCOCC1. The van der Waals surface area contributed by atoms with E-state index in [4.69, 9.17) is 4.74 Å². The maximum atomic E-state index is 10.4. The van der Waals surface area contributed by atoms with Crippen molar-refractivity contribution < 1.29 is 9.84 Å². The summed E-state index contributed by atoms with van der Waals surface area (Å²) in [6.45, 7) is 6.84. The van der Waals surface area contributed by atoms with Gasteiger partial charge in [0.1, 0.15) is 0 Å². The highest BCUT2D eigenvalue weighted by Crippen LogP contribution is 2.44. The van der Waals surface area contributed by atoms with Crippen LogP contribution in [0.3, 0.4) is 0 Å². The van der Waals surface area contributed by atoms with Crippen LogP contribution in [0.4, 0.5) is 0 Å². The second-order valence-corrected chi connectivity index (χ2v) is 4.61. The molecule has 0 amide bonds. The van der Waals surface area contributed by atoms with Gasteiger partial charge in [-0.15, -0.1) is 0 Å². The normalized spacial score (nSPS) is 25.4. The summed E-state index contributed by atoms with van der Waals surface area (Å²) in [6, 6.07) is 2.31. The highest BCUT2D eigenvalue weighted by Gasteiger charge is 2.50. The molecule has 1 heterocycles. The third-order valence-corrected chi connectivity index (χ3v) is 3.65. The third-order valence-electron chi connectivity index (χ3n) is 3.65. The van der Waals surface area contributed by atoms with Gasteiger partial charge in [0, 0.05) is 13.2 Å². The van der Waals surface area contributed by atoms with Crippen molar-refractivity contribution in [2.45, 2.75) is 39.2 Å². The van der Waals surface area contributed by atoms with Crippen molar-refractivity contribution in [1.82, 2.24) is 0 Å². The van der Waals surface area contributed by atoms with E-state index in [-0.39, 0.29) is 5.92 Å². The summed E-state index contributed by atoms with van der Waals surface area (Å²) in [7, 11) is 0. The lowest BCUT2D eigenvalue weighted by molar-refractivity contribution is -0.118. The largest absolute Gasteiger partial charge is 0.388 e. The van der Waals surface area contributed by atoms with Crippen LogP contribution in [0.2, 0.25) is 0 Å². The average molecular weight is 197 g/mol. The Morgan fingerprint density at radius 2 is 1.93 bits per heavy atom. The summed E-state index contributed by atoms with van der Waals surface area (Å²) < 4.78 is 5.24. The standard InChI is InChI=1S/C11H19NO2/c1-9(2)10(3,13)11(8-12)4-6-14-7-5-11/h9,13H,4-7H2,1-3H3. The summed E-state index contributed by atoms with van der Waals surface area (Å²) in [4.78, 5) is 0. The predicted molar refractivity (Wildman–Crippen MR) is 53.6 cm³/mol. The van der Waals surface area contributed by atoms with Gasteiger partial charge in [-0.1, -0.05) is 13.8 Å². The molecule has 3 nitrogen and oxygen atoms in total. The van der Waals surface area contributed by atoms with Gasteiger partial charge in [0.2, 0.25) is 0 Å². The smallest absolute Gasteiger partial charge is 0.0903 e. The highest BCUT2D eigenvalue weighted by molar-refractivity contribution is 5.11. The summed E-state index contributed by atoms with van der Waals surface area (Å²) in [6.07, 6.45) is 1.27. The highest BCUT2D eigenvalue weighted by atomic mass is 16.5. The minimum Gasteiger partial charge on any atom is -0.388 e. The quantitative estimate of drug-likeness (QED) is 0.733. The Morgan fingerprint density at radius 3 is 2.29 bits per heavy atom. The molecule has 0 saturated carbocycles. The zero-order valence-corrected chi connectivity index (χ0v) is 9.21. The second-order valence-electron chi connectivity index (χ2n) is 4.61. The fraction of sp³-hybridized carbons (Fsp3) is 0.909. The molecule has 0 bridgehead atoms. The molecule has 1 unspecified atom stereocenters. The van der Waals surface area contributed by atoms with E-state index in [0.29, 0.717) is 26.1 Å². The van der Waals surface area contributed by atoms with Crippen molar-refractivity contribution in [3.05, 3.63) is 0 Å². The molecule has 80 valence electrons. The molecule has 0 aromatic rings. The van der Waals surface area contributed by atoms with Crippen LogP contribution in [-0.4, -0.2) is 23.9 Å². The molecule has 0 aromatic heterocycles. The van der Waals surface area contributed by atoms with Crippen LogP contribution < -0.4 is 0 Å². The van der Waals surface area contributed by atoms with E-state index in [2.05, 4.69) is 6.07 Å². The minimum absolute atomic E-state index is 0.0836. The van der Waals surface area contributed by atoms with E-state index in [0.717, 1.165) is 0 Å². The molecule has 0 aliphatic carbocycles. The van der Waals surface area contributed by atoms with Gasteiger partial charge in [-0.05, 0) is 25.7 Å². The fourth-order valence-electron chi connectivity index (χ4n) is 2.00. The van der Waals surface area contributed by atoms with E-state index in [1.54, 1.807) is 6.92 Å². The molecule has 0 aromatic carbocycles. The summed E-state index contributed by atoms with van der Waals surface area (Å²) in [5, 5.41) is 19.6. The zero-order chi connectivity index (χ0) is 10.8. The topological polar surface area (TPSA) is 53.2 Å². The van der Waals surface area contributed by atoms with Crippen molar-refractivity contribution >= 4 is 0 Å². The maximum Gasteiger partial charge on any atom is 0.0903 e. The van der Waals surface area contributed by atoms with Crippen LogP contribution in [0, 0.1) is 22.7 Å². The van der Waals surface area contributed by atoms with Crippen LogP contribution in [0.1, 0.15) is 33.6 Å². The Balaban J connectivity index is 2.94. The number of nitriles is 1. The lowest BCUT2D eigenvalue weighted by Crippen LogP contribution is -2.51. The molecule has 1 rings (SSSR count). The van der Waals surface area contributed by atoms with E-state index >= 15 is 0 Å². The first-order valence-corrected chi connectivity index (χ1v) is 5.18. The molecule has 0 spiro atoms. The molecule has 3 heteroatoms. The molecule has 1 saturated heterocycles. The summed E-state index contributed by atoms with van der Waals surface area (Å²) in [5.74, 6) is 0.0836. The molecular formula is C11H19NO2. The number of rotatable bonds is 2. The molecule has 14 heavy (non-hydrogen) atoms. The Hall–Kier alpha value is -0.590. The number of hydrogen-bond donors (Lipinski definition) is 1. The molecule has 1 fully saturated rings. The van der Waals surface area contributed by atoms with Crippen LogP contribution in [-0.2, 0) is 4.74 Å². The van der Waals surface area contributed by atoms with E-state index < -0.39 is 11.0 Å². The van der Waals surface area contributed by atoms with Gasteiger partial charge in [0.15, 0.2) is 0 Å². The summed E-state index contributed by atoms with van der Waals surface area (Å²) in [5.41, 5.74) is -1.55. The lowest BCUT2D eigenvalue weighted by atomic mass is 9.64. The molecule has 1 atom stereocenters. The minimum atomic E-state index is -0.925. The average Bonchev–Trinajstić information content (AvgIpc) is 2.18. The van der Waals surface area contributed by atoms with Gasteiger partial charge in [-0.2, -0.15) is 5.26 Å². The van der Waals surface area contributed by atoms with Crippen LogP contribution in [0.25, 0.3) is 0 Å². The van der Waals surface area contributed by atoms with Crippen LogP contribution in [0.15, 0.2) is 0 Å². The van der Waals surface area contributed by atoms with Crippen LogP contribution >= 0.6 is 0 Å². The Kier molecular flexibility index (Phi) is 3.18. The van der Waals surface area contributed by atoms with E-state index in [1.165, 1.54) is 0 Å². The maximum absolute atomic E-state index is 10.4. The van der Waals surface area contributed by atoms with Gasteiger partial charge in [-0.25, -0.2) is 0 Å². The number of hydrogen-bond acceptors (Lipinski definition) is 3. The van der Waals surface area contributed by atoms with Crippen molar-refractivity contribution in [3.63, 3.8) is 0 Å². The molecule has 1 aliphatic rings. The second kappa shape index (κ2) is 3.88. The van der Waals surface area contributed by atoms with Crippen molar-refractivity contribution in [1.29, 1.82) is 5.26 Å². The molecule has 0 radical (unpaired) electrons. The van der Waals surface area contributed by atoms with Crippen LogP contribution in [0.5, 0.6) is 0 Å². The zero-order valence-electron chi connectivity index (χ0n) is 9.21. The Labute approximate surface area is 85.7 Å². The van der Waals surface area contributed by atoms with Gasteiger partial charge >= 0.3 is 0 Å². The van der Waals surface area contributed by atoms with Gasteiger partial charge in [0.05, 0.1) is 17.1 Å². The number of aliphatic hydroxyl groups is 1. The first-order valence-electron chi connectivity index (χ1n) is 5.18. The fourth-order valence-corrected chi connectivity index (χ4v) is 2.00. The molecule has 1 N–H and O–H groups in total. The van der Waals surface area contributed by atoms with E-state index in [9.17, 15) is 10.4 Å². The Bertz CT molecular complexity index is 234. The lowest BCUT2D eigenvalue weighted by Gasteiger charge is -2.45. The monoisotopic (exact) mass is 197 g/mol. The molecule has 1 aliphatic heterocycles. The van der Waals surface area contributed by atoms with Gasteiger partial charge in [0.25, 0.3) is 0 Å². The summed E-state index contributed by atoms with van der Waals surface area (Å²) >= 11 is 0. The van der Waals surface area contributed by atoms with E-state index in [1.807, 2.05) is 13.8 Å². The first-order chi connectivity index (χ1) is 6.46. The Morgan fingerprint density at radius 1 is 1.43 bits per heavy atom. The van der Waals surface area contributed by atoms with Crippen molar-refractivity contribution in [3.8, 4) is 6.07 Å². The third kappa shape index (κ3) is 1.65. The predicted octanol–water partition coefficient (Wildman–Crippen LogP) is 1.71. The molecular weight excluding hydrogens is 178 g/mol.